The molecule has 0 spiro atoms. The standard InChI is InChI=1S/C45H26N2O3/c1-3-10-28(11-4-1)45-46-43-36-24-29(25-40-42(36)41-34(44(43)50-45)15-9-17-39(41)49-40)27-18-20-31(21-19-27)47(30-12-5-2-6-13-30)32-22-23-38-35(26-32)33-14-7-8-16-37(33)48-38/h1-26H. The first-order valence-electron chi connectivity index (χ1n) is 16.7. The van der Waals surface area contributed by atoms with Gasteiger partial charge in [0.1, 0.15) is 27.8 Å². The first kappa shape index (κ1) is 27.1. The van der Waals surface area contributed by atoms with Gasteiger partial charge in [0.25, 0.3) is 0 Å². The van der Waals surface area contributed by atoms with Crippen LogP contribution in [0, 0.1) is 0 Å². The molecule has 234 valence electrons. The molecule has 0 amide bonds. The van der Waals surface area contributed by atoms with Gasteiger partial charge in [-0.25, -0.2) is 4.98 Å². The van der Waals surface area contributed by atoms with E-state index in [0.29, 0.717) is 5.89 Å². The van der Waals surface area contributed by atoms with E-state index in [1.165, 1.54) is 0 Å². The summed E-state index contributed by atoms with van der Waals surface area (Å²) >= 11 is 0. The maximum atomic E-state index is 6.49. The smallest absolute Gasteiger partial charge is 0.227 e. The third-order valence-corrected chi connectivity index (χ3v) is 9.84. The summed E-state index contributed by atoms with van der Waals surface area (Å²) in [5.41, 5.74) is 11.3. The molecule has 8 aromatic carbocycles. The number of anilines is 3. The van der Waals surface area contributed by atoms with Gasteiger partial charge in [-0.2, -0.15) is 0 Å². The van der Waals surface area contributed by atoms with Crippen molar-refractivity contribution in [1.29, 1.82) is 0 Å². The van der Waals surface area contributed by atoms with Crippen LogP contribution in [0.25, 0.3) is 88.3 Å². The topological polar surface area (TPSA) is 55.6 Å². The lowest BCUT2D eigenvalue weighted by Gasteiger charge is -2.25. The Kier molecular flexibility index (Phi) is 5.60. The number of nitrogens with zero attached hydrogens (tertiary/aromatic N) is 2. The highest BCUT2D eigenvalue weighted by molar-refractivity contribution is 6.32. The fourth-order valence-electron chi connectivity index (χ4n) is 7.56. The van der Waals surface area contributed by atoms with Gasteiger partial charge in [-0.1, -0.05) is 78.9 Å². The van der Waals surface area contributed by atoms with Gasteiger partial charge in [0.15, 0.2) is 5.58 Å². The largest absolute Gasteiger partial charge is 0.456 e. The molecule has 0 bridgehead atoms. The molecule has 5 heteroatoms. The zero-order valence-corrected chi connectivity index (χ0v) is 26.6. The summed E-state index contributed by atoms with van der Waals surface area (Å²) in [5, 5.41) is 6.38. The molecule has 0 saturated carbocycles. The molecule has 0 aliphatic carbocycles. The van der Waals surface area contributed by atoms with Crippen molar-refractivity contribution in [3.8, 4) is 22.6 Å². The normalized spacial score (nSPS) is 12.0. The molecule has 0 saturated heterocycles. The Hall–Kier alpha value is -6.85. The molecule has 0 unspecified atom stereocenters. The second-order valence-corrected chi connectivity index (χ2v) is 12.7. The van der Waals surface area contributed by atoms with Gasteiger partial charge in [0, 0.05) is 54.9 Å². The third-order valence-electron chi connectivity index (χ3n) is 9.84. The molecule has 11 aromatic rings. The highest BCUT2D eigenvalue weighted by Gasteiger charge is 2.23. The lowest BCUT2D eigenvalue weighted by Crippen LogP contribution is -2.09. The van der Waals surface area contributed by atoms with Crippen molar-refractivity contribution in [1.82, 2.24) is 4.98 Å². The molecule has 0 radical (unpaired) electrons. The first-order valence-corrected chi connectivity index (χ1v) is 16.7. The van der Waals surface area contributed by atoms with E-state index >= 15 is 0 Å². The molecular formula is C45H26N2O3. The molecule has 0 aliphatic heterocycles. The van der Waals surface area contributed by atoms with Crippen LogP contribution in [-0.2, 0) is 0 Å². The van der Waals surface area contributed by atoms with E-state index in [0.717, 1.165) is 99.5 Å². The fraction of sp³-hybridized carbons (Fsp3) is 0. The van der Waals surface area contributed by atoms with Crippen LogP contribution in [0.5, 0.6) is 0 Å². The van der Waals surface area contributed by atoms with Crippen molar-refractivity contribution in [3.05, 3.63) is 158 Å². The molecule has 0 atom stereocenters. The van der Waals surface area contributed by atoms with E-state index in [9.17, 15) is 0 Å². The number of aromatic nitrogens is 1. The number of hydrogen-bond acceptors (Lipinski definition) is 5. The van der Waals surface area contributed by atoms with Crippen molar-refractivity contribution < 1.29 is 13.3 Å². The third kappa shape index (κ3) is 3.98. The van der Waals surface area contributed by atoms with Crippen LogP contribution < -0.4 is 4.90 Å². The second kappa shape index (κ2) is 10.3. The van der Waals surface area contributed by atoms with Gasteiger partial charge in [-0.05, 0) is 90.0 Å². The Morgan fingerprint density at radius 2 is 1.04 bits per heavy atom. The summed E-state index contributed by atoms with van der Waals surface area (Å²) in [6.07, 6.45) is 0. The number of rotatable bonds is 5. The summed E-state index contributed by atoms with van der Waals surface area (Å²) in [7, 11) is 0. The first-order chi connectivity index (χ1) is 24.8. The van der Waals surface area contributed by atoms with Crippen LogP contribution in [0.3, 0.4) is 0 Å². The zero-order valence-electron chi connectivity index (χ0n) is 26.6. The Balaban J connectivity index is 1.07. The van der Waals surface area contributed by atoms with Gasteiger partial charge >= 0.3 is 0 Å². The van der Waals surface area contributed by atoms with Crippen molar-refractivity contribution in [3.63, 3.8) is 0 Å². The molecule has 0 fully saturated rings. The van der Waals surface area contributed by atoms with Gasteiger partial charge in [-0.3, -0.25) is 0 Å². The van der Waals surface area contributed by atoms with Crippen molar-refractivity contribution in [2.45, 2.75) is 0 Å². The van der Waals surface area contributed by atoms with E-state index in [-0.39, 0.29) is 0 Å². The number of oxazole rings is 1. The summed E-state index contributed by atoms with van der Waals surface area (Å²) < 4.78 is 19.1. The van der Waals surface area contributed by atoms with E-state index in [1.54, 1.807) is 0 Å². The van der Waals surface area contributed by atoms with Crippen LogP contribution in [0.1, 0.15) is 0 Å². The molecule has 50 heavy (non-hydrogen) atoms. The van der Waals surface area contributed by atoms with E-state index in [1.807, 2.05) is 60.7 Å². The Bertz CT molecular complexity index is 3030. The molecule has 0 aliphatic rings. The summed E-state index contributed by atoms with van der Waals surface area (Å²) in [4.78, 5) is 7.35. The summed E-state index contributed by atoms with van der Waals surface area (Å²) in [6.45, 7) is 0. The molecule has 3 aromatic heterocycles. The Morgan fingerprint density at radius 3 is 1.90 bits per heavy atom. The highest BCUT2D eigenvalue weighted by Crippen LogP contribution is 2.46. The van der Waals surface area contributed by atoms with E-state index in [2.05, 4.69) is 102 Å². The van der Waals surface area contributed by atoms with E-state index in [4.69, 9.17) is 18.2 Å². The Labute approximate surface area is 285 Å². The average Bonchev–Trinajstić information content (AvgIpc) is 3.90. The minimum absolute atomic E-state index is 0.611. The predicted octanol–water partition coefficient (Wildman–Crippen LogP) is 13.0. The average molecular weight is 643 g/mol. The molecular weight excluding hydrogens is 617 g/mol. The van der Waals surface area contributed by atoms with Gasteiger partial charge in [0.05, 0.1) is 0 Å². The predicted molar refractivity (Wildman–Crippen MR) is 203 cm³/mol. The van der Waals surface area contributed by atoms with Gasteiger partial charge in [0.2, 0.25) is 5.89 Å². The second-order valence-electron chi connectivity index (χ2n) is 12.7. The number of hydrogen-bond donors (Lipinski definition) is 0. The lowest BCUT2D eigenvalue weighted by atomic mass is 9.96. The molecule has 0 N–H and O–H groups in total. The number of furan rings is 2. The molecule has 5 nitrogen and oxygen atoms in total. The molecule has 3 heterocycles. The maximum Gasteiger partial charge on any atom is 0.227 e. The summed E-state index contributed by atoms with van der Waals surface area (Å²) in [5.74, 6) is 0.611. The lowest BCUT2D eigenvalue weighted by molar-refractivity contribution is 0.623. The zero-order chi connectivity index (χ0) is 32.8. The van der Waals surface area contributed by atoms with E-state index < -0.39 is 0 Å². The minimum atomic E-state index is 0.611. The summed E-state index contributed by atoms with van der Waals surface area (Å²) in [6, 6.07) is 54.4. The van der Waals surface area contributed by atoms with Crippen LogP contribution in [-0.4, -0.2) is 4.98 Å². The SMILES string of the molecule is c1ccc(-c2nc3c4cc(-c5ccc(N(c6ccccc6)c6ccc7oc8ccccc8c7c6)cc5)cc5oc6cccc(c3o2)c6c54)cc1. The monoisotopic (exact) mass is 642 g/mol. The van der Waals surface area contributed by atoms with Crippen LogP contribution in [0.2, 0.25) is 0 Å². The quantitative estimate of drug-likeness (QED) is 0.175. The van der Waals surface area contributed by atoms with Crippen LogP contribution >= 0.6 is 0 Å². The van der Waals surface area contributed by atoms with Gasteiger partial charge < -0.3 is 18.2 Å². The maximum absolute atomic E-state index is 6.49. The van der Waals surface area contributed by atoms with Crippen molar-refractivity contribution >= 4 is 82.8 Å². The number of para-hydroxylation sites is 2. The Morgan fingerprint density at radius 1 is 0.380 bits per heavy atom. The van der Waals surface area contributed by atoms with Crippen molar-refractivity contribution in [2.24, 2.45) is 0 Å². The molecule has 11 rings (SSSR count). The van der Waals surface area contributed by atoms with Crippen LogP contribution in [0.15, 0.2) is 171 Å². The fourth-order valence-corrected chi connectivity index (χ4v) is 7.56. The number of fused-ring (bicyclic) bond motifs is 6. The van der Waals surface area contributed by atoms with Crippen molar-refractivity contribution in [2.75, 3.05) is 4.90 Å². The number of benzene rings is 8. The highest BCUT2D eigenvalue weighted by atomic mass is 16.4. The van der Waals surface area contributed by atoms with Gasteiger partial charge in [-0.15, -0.1) is 0 Å². The van der Waals surface area contributed by atoms with Crippen LogP contribution in [0.4, 0.5) is 17.1 Å². The minimum Gasteiger partial charge on any atom is -0.456 e.